The molecule has 0 aliphatic heterocycles. The Kier molecular flexibility index (Phi) is 3.92. The molecule has 0 radical (unpaired) electrons. The van der Waals surface area contributed by atoms with E-state index in [4.69, 9.17) is 5.11 Å². The molecule has 18 heavy (non-hydrogen) atoms. The van der Waals surface area contributed by atoms with Gasteiger partial charge in [0.25, 0.3) is 0 Å². The van der Waals surface area contributed by atoms with E-state index < -0.39 is 5.97 Å². The second-order valence-corrected chi connectivity index (χ2v) is 4.64. The lowest BCUT2D eigenvalue weighted by atomic mass is 10.1. The Balaban J connectivity index is 1.80. The zero-order valence-corrected chi connectivity index (χ0v) is 10.0. The summed E-state index contributed by atoms with van der Waals surface area (Å²) >= 11 is 0. The van der Waals surface area contributed by atoms with Gasteiger partial charge in [-0.25, -0.2) is 0 Å². The van der Waals surface area contributed by atoms with Gasteiger partial charge >= 0.3 is 5.97 Å². The fourth-order valence-corrected chi connectivity index (χ4v) is 2.30. The van der Waals surface area contributed by atoms with E-state index in [9.17, 15) is 9.59 Å². The Morgan fingerprint density at radius 1 is 1.33 bits per heavy atom. The summed E-state index contributed by atoms with van der Waals surface area (Å²) in [4.78, 5) is 26.5. The van der Waals surface area contributed by atoms with E-state index in [0.29, 0.717) is 19.3 Å². The molecule has 1 fully saturated rings. The zero-order chi connectivity index (χ0) is 13.0. The minimum absolute atomic E-state index is 0.000405. The summed E-state index contributed by atoms with van der Waals surface area (Å²) in [5, 5.41) is 11.8. The Labute approximate surface area is 105 Å². The fourth-order valence-electron chi connectivity index (χ4n) is 2.30. The standard InChI is InChI=1S/C13H16N2O3/c16-12(7-9-3-5-14-6-4-9)15-11-2-1-10(8-11)13(17)18/h3-6,10-11H,1-2,7-8H2,(H,15,16)(H,17,18). The molecule has 2 rings (SSSR count). The predicted octanol–water partition coefficient (Wildman–Crippen LogP) is 0.994. The minimum Gasteiger partial charge on any atom is -0.481 e. The topological polar surface area (TPSA) is 79.3 Å². The summed E-state index contributed by atoms with van der Waals surface area (Å²) in [6.07, 6.45) is 5.56. The van der Waals surface area contributed by atoms with Gasteiger partial charge < -0.3 is 10.4 Å². The van der Waals surface area contributed by atoms with E-state index in [1.54, 1.807) is 24.5 Å². The van der Waals surface area contributed by atoms with Crippen molar-refractivity contribution in [2.24, 2.45) is 5.92 Å². The highest BCUT2D eigenvalue weighted by atomic mass is 16.4. The molecule has 0 bridgehead atoms. The molecule has 0 saturated heterocycles. The van der Waals surface area contributed by atoms with Crippen LogP contribution in [0.2, 0.25) is 0 Å². The first kappa shape index (κ1) is 12.5. The second-order valence-electron chi connectivity index (χ2n) is 4.64. The summed E-state index contributed by atoms with van der Waals surface area (Å²) in [6.45, 7) is 0. The van der Waals surface area contributed by atoms with Gasteiger partial charge in [-0.1, -0.05) is 0 Å². The summed E-state index contributed by atoms with van der Waals surface area (Å²) in [7, 11) is 0. The van der Waals surface area contributed by atoms with Gasteiger partial charge in [-0.2, -0.15) is 0 Å². The van der Waals surface area contributed by atoms with Gasteiger partial charge in [0.1, 0.15) is 0 Å². The summed E-state index contributed by atoms with van der Waals surface area (Å²) in [5.41, 5.74) is 0.912. The smallest absolute Gasteiger partial charge is 0.306 e. The van der Waals surface area contributed by atoms with Crippen molar-refractivity contribution in [3.63, 3.8) is 0 Å². The predicted molar refractivity (Wildman–Crippen MR) is 64.8 cm³/mol. The lowest BCUT2D eigenvalue weighted by Gasteiger charge is -2.12. The first-order valence-corrected chi connectivity index (χ1v) is 6.06. The average Bonchev–Trinajstić information content (AvgIpc) is 2.78. The largest absolute Gasteiger partial charge is 0.481 e. The van der Waals surface area contributed by atoms with Gasteiger partial charge in [-0.15, -0.1) is 0 Å². The number of rotatable bonds is 4. The van der Waals surface area contributed by atoms with Crippen LogP contribution in [-0.4, -0.2) is 28.0 Å². The number of nitrogens with one attached hydrogen (secondary N) is 1. The van der Waals surface area contributed by atoms with Crippen LogP contribution in [0.15, 0.2) is 24.5 Å². The van der Waals surface area contributed by atoms with Crippen LogP contribution in [-0.2, 0) is 16.0 Å². The summed E-state index contributed by atoms with van der Waals surface area (Å²) in [5.74, 6) is -1.13. The molecule has 96 valence electrons. The molecule has 5 heteroatoms. The molecule has 0 spiro atoms. The van der Waals surface area contributed by atoms with Crippen LogP contribution in [0, 0.1) is 5.92 Å². The number of hydrogen-bond donors (Lipinski definition) is 2. The van der Waals surface area contributed by atoms with E-state index in [0.717, 1.165) is 12.0 Å². The molecule has 1 heterocycles. The first-order chi connectivity index (χ1) is 8.65. The van der Waals surface area contributed by atoms with Crippen molar-refractivity contribution in [1.29, 1.82) is 0 Å². The maximum Gasteiger partial charge on any atom is 0.306 e. The Morgan fingerprint density at radius 3 is 2.67 bits per heavy atom. The van der Waals surface area contributed by atoms with E-state index in [1.165, 1.54) is 0 Å². The number of amides is 1. The van der Waals surface area contributed by atoms with Crippen molar-refractivity contribution in [2.45, 2.75) is 31.7 Å². The number of carbonyl (C=O) groups excluding carboxylic acids is 1. The van der Waals surface area contributed by atoms with Gasteiger partial charge in [-0.05, 0) is 37.0 Å². The van der Waals surface area contributed by atoms with Crippen LogP contribution in [0.25, 0.3) is 0 Å². The van der Waals surface area contributed by atoms with Crippen LogP contribution in [0.5, 0.6) is 0 Å². The molecule has 1 aliphatic carbocycles. The molecule has 2 N–H and O–H groups in total. The van der Waals surface area contributed by atoms with Crippen molar-refractivity contribution in [3.8, 4) is 0 Å². The molecular weight excluding hydrogens is 232 g/mol. The highest BCUT2D eigenvalue weighted by Crippen LogP contribution is 2.25. The number of nitrogens with zero attached hydrogens (tertiary/aromatic N) is 1. The van der Waals surface area contributed by atoms with Crippen molar-refractivity contribution in [3.05, 3.63) is 30.1 Å². The van der Waals surface area contributed by atoms with Crippen LogP contribution < -0.4 is 5.32 Å². The van der Waals surface area contributed by atoms with E-state index in [2.05, 4.69) is 10.3 Å². The number of aromatic nitrogens is 1. The zero-order valence-electron chi connectivity index (χ0n) is 10.0. The van der Waals surface area contributed by atoms with Crippen LogP contribution in [0.1, 0.15) is 24.8 Å². The van der Waals surface area contributed by atoms with Gasteiger partial charge in [-0.3, -0.25) is 14.6 Å². The van der Waals surface area contributed by atoms with Gasteiger partial charge in [0.15, 0.2) is 0 Å². The van der Waals surface area contributed by atoms with E-state index >= 15 is 0 Å². The van der Waals surface area contributed by atoms with Gasteiger partial charge in [0.05, 0.1) is 12.3 Å². The van der Waals surface area contributed by atoms with Crippen molar-refractivity contribution in [1.82, 2.24) is 10.3 Å². The molecule has 1 amide bonds. The number of carboxylic acid groups (broad SMARTS) is 1. The molecular formula is C13H16N2O3. The van der Waals surface area contributed by atoms with Crippen LogP contribution in [0.4, 0.5) is 0 Å². The van der Waals surface area contributed by atoms with E-state index in [1.807, 2.05) is 0 Å². The number of carboxylic acids is 1. The Bertz CT molecular complexity index is 433. The molecule has 1 aromatic heterocycles. The summed E-state index contributed by atoms with van der Waals surface area (Å²) in [6, 6.07) is 3.60. The Hall–Kier alpha value is -1.91. The van der Waals surface area contributed by atoms with E-state index in [-0.39, 0.29) is 17.9 Å². The SMILES string of the molecule is O=C(Cc1ccncc1)NC1CCC(C(=O)O)C1. The summed E-state index contributed by atoms with van der Waals surface area (Å²) < 4.78 is 0. The van der Waals surface area contributed by atoms with Crippen molar-refractivity contribution < 1.29 is 14.7 Å². The third-order valence-corrected chi connectivity index (χ3v) is 3.26. The third-order valence-electron chi connectivity index (χ3n) is 3.26. The third kappa shape index (κ3) is 3.29. The lowest BCUT2D eigenvalue weighted by molar-refractivity contribution is -0.141. The van der Waals surface area contributed by atoms with Gasteiger partial charge in [0.2, 0.25) is 5.91 Å². The van der Waals surface area contributed by atoms with Crippen LogP contribution >= 0.6 is 0 Å². The van der Waals surface area contributed by atoms with Crippen molar-refractivity contribution >= 4 is 11.9 Å². The number of carbonyl (C=O) groups is 2. The lowest BCUT2D eigenvalue weighted by Crippen LogP contribution is -2.34. The molecule has 2 unspecified atom stereocenters. The maximum absolute atomic E-state index is 11.8. The van der Waals surface area contributed by atoms with Gasteiger partial charge in [0, 0.05) is 18.4 Å². The molecule has 0 aromatic carbocycles. The fraction of sp³-hybridized carbons (Fsp3) is 0.462. The monoisotopic (exact) mass is 248 g/mol. The number of hydrogen-bond acceptors (Lipinski definition) is 3. The maximum atomic E-state index is 11.8. The van der Waals surface area contributed by atoms with Crippen LogP contribution in [0.3, 0.4) is 0 Å². The average molecular weight is 248 g/mol. The number of pyridine rings is 1. The first-order valence-electron chi connectivity index (χ1n) is 6.06. The molecule has 5 nitrogen and oxygen atoms in total. The highest BCUT2D eigenvalue weighted by molar-refractivity contribution is 5.79. The second kappa shape index (κ2) is 5.62. The Morgan fingerprint density at radius 2 is 2.06 bits per heavy atom. The normalized spacial score (nSPS) is 22.7. The number of aliphatic carboxylic acids is 1. The highest BCUT2D eigenvalue weighted by Gasteiger charge is 2.30. The molecule has 1 saturated carbocycles. The molecule has 1 aliphatic rings. The minimum atomic E-state index is -0.763. The van der Waals surface area contributed by atoms with Crippen molar-refractivity contribution in [2.75, 3.05) is 0 Å². The molecule has 2 atom stereocenters. The quantitative estimate of drug-likeness (QED) is 0.833. The molecule has 1 aromatic rings.